The van der Waals surface area contributed by atoms with E-state index in [0.717, 1.165) is 11.3 Å². The minimum absolute atomic E-state index is 0.245. The molecule has 2 amide bonds. The zero-order valence-corrected chi connectivity index (χ0v) is 15.0. The van der Waals surface area contributed by atoms with Crippen molar-refractivity contribution in [1.29, 1.82) is 0 Å². The van der Waals surface area contributed by atoms with Gasteiger partial charge in [-0.2, -0.15) is 5.10 Å². The molecule has 128 valence electrons. The summed E-state index contributed by atoms with van der Waals surface area (Å²) < 4.78 is 1.78. The van der Waals surface area contributed by atoms with E-state index in [1.54, 1.807) is 41.0 Å². The van der Waals surface area contributed by atoms with Crippen LogP contribution >= 0.6 is 23.2 Å². The van der Waals surface area contributed by atoms with Gasteiger partial charge in [-0.15, -0.1) is 0 Å². The average molecular weight is 375 g/mol. The summed E-state index contributed by atoms with van der Waals surface area (Å²) in [6.07, 6.45) is 3.65. The third-order valence-electron chi connectivity index (χ3n) is 3.59. The van der Waals surface area contributed by atoms with Gasteiger partial charge in [-0.05, 0) is 30.3 Å². The Kier molecular flexibility index (Phi) is 5.26. The maximum atomic E-state index is 12.3. The summed E-state index contributed by atoms with van der Waals surface area (Å²) in [6, 6.07) is 14.5. The molecule has 0 spiro atoms. The maximum absolute atomic E-state index is 12.3. The third kappa shape index (κ3) is 4.32. The summed E-state index contributed by atoms with van der Waals surface area (Å²) in [7, 11) is 1.71. The molecule has 1 heterocycles. The number of anilines is 1. The number of aromatic nitrogens is 2. The number of benzene rings is 2. The number of nitrogens with zero attached hydrogens (tertiary/aromatic N) is 3. The van der Waals surface area contributed by atoms with Crippen LogP contribution in [0.3, 0.4) is 0 Å². The zero-order valence-electron chi connectivity index (χ0n) is 13.5. The Hall–Kier alpha value is -2.50. The zero-order chi connectivity index (χ0) is 17.8. The van der Waals surface area contributed by atoms with Crippen LogP contribution in [0.2, 0.25) is 10.0 Å². The van der Waals surface area contributed by atoms with Gasteiger partial charge in [-0.25, -0.2) is 9.48 Å². The monoisotopic (exact) mass is 374 g/mol. The number of carbonyl (C=O) groups excluding carboxylic acids is 1. The molecule has 0 aliphatic heterocycles. The Labute approximate surface area is 155 Å². The molecule has 0 fully saturated rings. The molecule has 25 heavy (non-hydrogen) atoms. The first kappa shape index (κ1) is 17.3. The predicted molar refractivity (Wildman–Crippen MR) is 101 cm³/mol. The van der Waals surface area contributed by atoms with Crippen LogP contribution in [0, 0.1) is 0 Å². The highest BCUT2D eigenvalue weighted by Crippen LogP contribution is 2.25. The van der Waals surface area contributed by atoms with E-state index in [4.69, 9.17) is 23.2 Å². The molecule has 0 bridgehead atoms. The number of nitrogens with one attached hydrogen (secondary N) is 1. The number of hydrogen-bond donors (Lipinski definition) is 1. The van der Waals surface area contributed by atoms with E-state index < -0.39 is 0 Å². The van der Waals surface area contributed by atoms with Gasteiger partial charge in [0.1, 0.15) is 0 Å². The van der Waals surface area contributed by atoms with Crippen LogP contribution < -0.4 is 5.32 Å². The Morgan fingerprint density at radius 3 is 2.64 bits per heavy atom. The van der Waals surface area contributed by atoms with Gasteiger partial charge in [0.25, 0.3) is 0 Å². The Morgan fingerprint density at radius 1 is 1.16 bits per heavy atom. The molecule has 1 aromatic heterocycles. The largest absolute Gasteiger partial charge is 0.323 e. The highest BCUT2D eigenvalue weighted by Gasteiger charge is 2.11. The van der Waals surface area contributed by atoms with Crippen molar-refractivity contribution in [2.45, 2.75) is 6.54 Å². The van der Waals surface area contributed by atoms with E-state index in [-0.39, 0.29) is 6.03 Å². The topological polar surface area (TPSA) is 50.2 Å². The van der Waals surface area contributed by atoms with Crippen LogP contribution in [0.4, 0.5) is 10.5 Å². The SMILES string of the molecule is CN(Cc1cnn(-c2ccccc2)c1)C(=O)Nc1ccc(Cl)c(Cl)c1. The Morgan fingerprint density at radius 2 is 1.92 bits per heavy atom. The van der Waals surface area contributed by atoms with Crippen molar-refractivity contribution in [3.63, 3.8) is 0 Å². The molecule has 3 rings (SSSR count). The van der Waals surface area contributed by atoms with E-state index >= 15 is 0 Å². The molecule has 0 aliphatic carbocycles. The molecule has 1 N–H and O–H groups in total. The van der Waals surface area contributed by atoms with E-state index in [9.17, 15) is 4.79 Å². The predicted octanol–water partition coefficient (Wildman–Crippen LogP) is 4.84. The third-order valence-corrected chi connectivity index (χ3v) is 4.33. The van der Waals surface area contributed by atoms with Gasteiger partial charge >= 0.3 is 6.03 Å². The van der Waals surface area contributed by atoms with Crippen LogP contribution in [0.25, 0.3) is 5.69 Å². The van der Waals surface area contributed by atoms with Crippen LogP contribution in [-0.2, 0) is 6.54 Å². The minimum atomic E-state index is -0.245. The molecule has 0 unspecified atom stereocenters. The molecule has 0 saturated carbocycles. The van der Waals surface area contributed by atoms with Crippen LogP contribution in [0.5, 0.6) is 0 Å². The molecular formula is C18H16Cl2N4O. The van der Waals surface area contributed by atoms with Gasteiger partial charge < -0.3 is 10.2 Å². The fourth-order valence-corrected chi connectivity index (χ4v) is 2.60. The van der Waals surface area contributed by atoms with Crippen LogP contribution in [-0.4, -0.2) is 27.8 Å². The summed E-state index contributed by atoms with van der Waals surface area (Å²) >= 11 is 11.8. The number of urea groups is 1. The summed E-state index contributed by atoms with van der Waals surface area (Å²) in [6.45, 7) is 0.431. The average Bonchev–Trinajstić information content (AvgIpc) is 3.07. The standard InChI is InChI=1S/C18H16Cl2N4O/c1-23(18(25)22-14-7-8-16(19)17(20)9-14)11-13-10-21-24(12-13)15-5-3-2-4-6-15/h2-10,12H,11H2,1H3,(H,22,25). The number of hydrogen-bond acceptors (Lipinski definition) is 2. The quantitative estimate of drug-likeness (QED) is 0.709. The lowest BCUT2D eigenvalue weighted by Gasteiger charge is -2.17. The maximum Gasteiger partial charge on any atom is 0.321 e. The van der Waals surface area contributed by atoms with E-state index in [1.807, 2.05) is 36.5 Å². The van der Waals surface area contributed by atoms with Crippen molar-refractivity contribution in [3.05, 3.63) is 76.5 Å². The second kappa shape index (κ2) is 7.59. The van der Waals surface area contributed by atoms with Crippen molar-refractivity contribution in [3.8, 4) is 5.69 Å². The first-order valence-electron chi connectivity index (χ1n) is 7.59. The summed E-state index contributed by atoms with van der Waals surface area (Å²) in [5.74, 6) is 0. The fraction of sp³-hybridized carbons (Fsp3) is 0.111. The van der Waals surface area contributed by atoms with Crippen molar-refractivity contribution >= 4 is 34.9 Å². The van der Waals surface area contributed by atoms with E-state index in [1.165, 1.54) is 0 Å². The minimum Gasteiger partial charge on any atom is -0.323 e. The molecule has 5 nitrogen and oxygen atoms in total. The number of halogens is 2. The molecule has 3 aromatic rings. The first-order valence-corrected chi connectivity index (χ1v) is 8.34. The lowest BCUT2D eigenvalue weighted by molar-refractivity contribution is 0.220. The molecule has 0 atom stereocenters. The second-order valence-electron chi connectivity index (χ2n) is 5.54. The van der Waals surface area contributed by atoms with Crippen LogP contribution in [0.1, 0.15) is 5.56 Å². The van der Waals surface area contributed by atoms with Gasteiger partial charge in [-0.1, -0.05) is 41.4 Å². The fourth-order valence-electron chi connectivity index (χ4n) is 2.30. The number of para-hydroxylation sites is 1. The number of amides is 2. The normalized spacial score (nSPS) is 10.5. The molecular weight excluding hydrogens is 359 g/mol. The first-order chi connectivity index (χ1) is 12.0. The van der Waals surface area contributed by atoms with Gasteiger partial charge in [-0.3, -0.25) is 0 Å². The lowest BCUT2D eigenvalue weighted by Crippen LogP contribution is -2.30. The molecule has 2 aromatic carbocycles. The van der Waals surface area contributed by atoms with Crippen molar-refractivity contribution < 1.29 is 4.79 Å². The van der Waals surface area contributed by atoms with Gasteiger partial charge in [0, 0.05) is 24.5 Å². The van der Waals surface area contributed by atoms with Crippen LogP contribution in [0.15, 0.2) is 60.9 Å². The van der Waals surface area contributed by atoms with Gasteiger partial charge in [0.15, 0.2) is 0 Å². The molecule has 0 radical (unpaired) electrons. The Bertz CT molecular complexity index is 880. The highest BCUT2D eigenvalue weighted by atomic mass is 35.5. The lowest BCUT2D eigenvalue weighted by atomic mass is 10.3. The summed E-state index contributed by atoms with van der Waals surface area (Å²) in [4.78, 5) is 13.9. The molecule has 0 aliphatic rings. The van der Waals surface area contributed by atoms with E-state index in [2.05, 4.69) is 10.4 Å². The number of carbonyl (C=O) groups is 1. The molecule has 0 saturated heterocycles. The van der Waals surface area contributed by atoms with Crippen molar-refractivity contribution in [1.82, 2.24) is 14.7 Å². The number of rotatable bonds is 4. The smallest absolute Gasteiger partial charge is 0.321 e. The Balaban J connectivity index is 1.63. The second-order valence-corrected chi connectivity index (χ2v) is 6.36. The highest BCUT2D eigenvalue weighted by molar-refractivity contribution is 6.42. The van der Waals surface area contributed by atoms with Crippen molar-refractivity contribution in [2.24, 2.45) is 0 Å². The van der Waals surface area contributed by atoms with Gasteiger partial charge in [0.2, 0.25) is 0 Å². The van der Waals surface area contributed by atoms with E-state index in [0.29, 0.717) is 22.3 Å². The van der Waals surface area contributed by atoms with Crippen molar-refractivity contribution in [2.75, 3.05) is 12.4 Å². The summed E-state index contributed by atoms with van der Waals surface area (Å²) in [5.41, 5.74) is 2.48. The van der Waals surface area contributed by atoms with Gasteiger partial charge in [0.05, 0.1) is 28.5 Å². The summed E-state index contributed by atoms with van der Waals surface area (Å²) in [5, 5.41) is 7.96. The molecule has 7 heteroatoms.